The fraction of sp³-hybridized carbons (Fsp3) is 0.222. The highest BCUT2D eigenvalue weighted by molar-refractivity contribution is 7.98. The SMILES string of the molecule is CC(C)n1c(SCc2noc(-c3cccs3)n2)nc2ccccc2c1=O. The van der Waals surface area contributed by atoms with Gasteiger partial charge in [0.15, 0.2) is 11.0 Å². The average molecular weight is 384 g/mol. The molecule has 0 spiro atoms. The van der Waals surface area contributed by atoms with Crippen molar-refractivity contribution in [3.63, 3.8) is 0 Å². The molecule has 8 heteroatoms. The van der Waals surface area contributed by atoms with Crippen LogP contribution < -0.4 is 5.56 Å². The van der Waals surface area contributed by atoms with Crippen LogP contribution in [0.3, 0.4) is 0 Å². The van der Waals surface area contributed by atoms with E-state index in [0.29, 0.717) is 33.5 Å². The van der Waals surface area contributed by atoms with E-state index in [1.54, 1.807) is 15.9 Å². The van der Waals surface area contributed by atoms with Crippen molar-refractivity contribution in [2.24, 2.45) is 0 Å². The van der Waals surface area contributed by atoms with Crippen molar-refractivity contribution < 1.29 is 4.52 Å². The van der Waals surface area contributed by atoms with Crippen LogP contribution in [0, 0.1) is 0 Å². The lowest BCUT2D eigenvalue weighted by atomic mass is 10.2. The number of thioether (sulfide) groups is 1. The first-order valence-electron chi connectivity index (χ1n) is 8.14. The number of rotatable bonds is 5. The van der Waals surface area contributed by atoms with Crippen LogP contribution in [0.25, 0.3) is 21.7 Å². The quantitative estimate of drug-likeness (QED) is 0.375. The molecule has 0 saturated carbocycles. The first kappa shape index (κ1) is 17.0. The highest BCUT2D eigenvalue weighted by atomic mass is 32.2. The molecule has 4 aromatic rings. The fourth-order valence-corrected chi connectivity index (χ4v) is 4.24. The van der Waals surface area contributed by atoms with Crippen molar-refractivity contribution in [1.82, 2.24) is 19.7 Å². The summed E-state index contributed by atoms with van der Waals surface area (Å²) < 4.78 is 7.03. The van der Waals surface area contributed by atoms with E-state index >= 15 is 0 Å². The molecule has 0 saturated heterocycles. The normalized spacial score (nSPS) is 11.5. The first-order valence-corrected chi connectivity index (χ1v) is 10.0. The van der Waals surface area contributed by atoms with E-state index in [1.807, 2.05) is 55.6 Å². The Kier molecular flexibility index (Phi) is 4.60. The molecule has 0 fully saturated rings. The third-order valence-corrected chi connectivity index (χ3v) is 5.63. The lowest BCUT2D eigenvalue weighted by Crippen LogP contribution is -2.25. The molecule has 3 aromatic heterocycles. The molecule has 1 aromatic carbocycles. The lowest BCUT2D eigenvalue weighted by molar-refractivity contribution is 0.426. The number of aromatic nitrogens is 4. The van der Waals surface area contributed by atoms with Gasteiger partial charge in [0.1, 0.15) is 0 Å². The van der Waals surface area contributed by atoms with Crippen molar-refractivity contribution in [3.8, 4) is 10.8 Å². The molecule has 0 aliphatic heterocycles. The zero-order valence-corrected chi connectivity index (χ0v) is 15.9. The number of para-hydroxylation sites is 1. The predicted molar refractivity (Wildman–Crippen MR) is 104 cm³/mol. The molecule has 0 N–H and O–H groups in total. The third-order valence-electron chi connectivity index (χ3n) is 3.82. The van der Waals surface area contributed by atoms with E-state index in [4.69, 9.17) is 4.52 Å². The number of thiophene rings is 1. The summed E-state index contributed by atoms with van der Waals surface area (Å²) in [5.41, 5.74) is 0.671. The van der Waals surface area contributed by atoms with Crippen molar-refractivity contribution in [2.45, 2.75) is 30.8 Å². The summed E-state index contributed by atoms with van der Waals surface area (Å²) in [7, 11) is 0. The number of fused-ring (bicyclic) bond motifs is 1. The van der Waals surface area contributed by atoms with Crippen molar-refractivity contribution >= 4 is 34.0 Å². The van der Waals surface area contributed by atoms with Crippen molar-refractivity contribution in [3.05, 3.63) is 58.0 Å². The maximum absolute atomic E-state index is 12.8. The summed E-state index contributed by atoms with van der Waals surface area (Å²) in [5.74, 6) is 1.58. The second kappa shape index (κ2) is 7.05. The summed E-state index contributed by atoms with van der Waals surface area (Å²) in [6.45, 7) is 3.95. The van der Waals surface area contributed by atoms with Crippen LogP contribution in [0.15, 0.2) is 56.3 Å². The summed E-state index contributed by atoms with van der Waals surface area (Å²) in [6.07, 6.45) is 0. The Morgan fingerprint density at radius 1 is 1.19 bits per heavy atom. The minimum absolute atomic E-state index is 0.00838. The van der Waals surface area contributed by atoms with Gasteiger partial charge in [-0.2, -0.15) is 4.98 Å². The van der Waals surface area contributed by atoms with Gasteiger partial charge in [-0.25, -0.2) is 4.98 Å². The Bertz CT molecular complexity index is 1100. The van der Waals surface area contributed by atoms with Crippen LogP contribution in [-0.4, -0.2) is 19.7 Å². The number of hydrogen-bond acceptors (Lipinski definition) is 7. The minimum Gasteiger partial charge on any atom is -0.333 e. The van der Waals surface area contributed by atoms with Gasteiger partial charge in [0.05, 0.1) is 21.5 Å². The van der Waals surface area contributed by atoms with Crippen LogP contribution in [-0.2, 0) is 5.75 Å². The molecule has 0 radical (unpaired) electrons. The molecule has 26 heavy (non-hydrogen) atoms. The Hall–Kier alpha value is -2.45. The molecular formula is C18H16N4O2S2. The molecule has 0 aliphatic rings. The van der Waals surface area contributed by atoms with E-state index in [1.165, 1.54) is 11.8 Å². The summed E-state index contributed by atoms with van der Waals surface area (Å²) in [4.78, 5) is 22.9. The smallest absolute Gasteiger partial charge is 0.268 e. The summed E-state index contributed by atoms with van der Waals surface area (Å²) >= 11 is 2.99. The van der Waals surface area contributed by atoms with Gasteiger partial charge in [0.25, 0.3) is 11.4 Å². The van der Waals surface area contributed by atoms with Gasteiger partial charge < -0.3 is 4.52 Å². The van der Waals surface area contributed by atoms with E-state index in [0.717, 1.165) is 4.88 Å². The van der Waals surface area contributed by atoms with E-state index in [-0.39, 0.29) is 11.6 Å². The van der Waals surface area contributed by atoms with Gasteiger partial charge in [0.2, 0.25) is 0 Å². The zero-order chi connectivity index (χ0) is 18.1. The standard InChI is InChI=1S/C18H16N4O2S2/c1-11(2)22-17(23)12-6-3-4-7-13(12)19-18(22)26-10-15-20-16(24-21-15)14-8-5-9-25-14/h3-9,11H,10H2,1-2H3. The number of hydrogen-bond donors (Lipinski definition) is 0. The Morgan fingerprint density at radius 2 is 2.04 bits per heavy atom. The molecule has 3 heterocycles. The van der Waals surface area contributed by atoms with Gasteiger partial charge in [-0.1, -0.05) is 35.1 Å². The monoisotopic (exact) mass is 384 g/mol. The average Bonchev–Trinajstić information content (AvgIpc) is 3.31. The minimum atomic E-state index is -0.0273. The van der Waals surface area contributed by atoms with Crippen LogP contribution in [0.1, 0.15) is 25.7 Å². The van der Waals surface area contributed by atoms with Crippen LogP contribution in [0.2, 0.25) is 0 Å². The zero-order valence-electron chi connectivity index (χ0n) is 14.2. The summed E-state index contributed by atoms with van der Waals surface area (Å²) in [6, 6.07) is 11.3. The Balaban J connectivity index is 1.65. The molecule has 0 unspecified atom stereocenters. The van der Waals surface area contributed by atoms with E-state index in [2.05, 4.69) is 15.1 Å². The Morgan fingerprint density at radius 3 is 2.81 bits per heavy atom. The molecule has 0 bridgehead atoms. The van der Waals surface area contributed by atoms with Crippen molar-refractivity contribution in [1.29, 1.82) is 0 Å². The number of benzene rings is 1. The molecule has 132 valence electrons. The van der Waals surface area contributed by atoms with E-state index in [9.17, 15) is 4.79 Å². The van der Waals surface area contributed by atoms with Crippen LogP contribution >= 0.6 is 23.1 Å². The van der Waals surface area contributed by atoms with Gasteiger partial charge in [-0.15, -0.1) is 11.3 Å². The molecule has 4 rings (SSSR count). The maximum atomic E-state index is 12.8. The lowest BCUT2D eigenvalue weighted by Gasteiger charge is -2.15. The fourth-order valence-electron chi connectivity index (χ4n) is 2.62. The van der Waals surface area contributed by atoms with Gasteiger partial charge >= 0.3 is 0 Å². The largest absolute Gasteiger partial charge is 0.333 e. The predicted octanol–water partition coefficient (Wildman–Crippen LogP) is 4.38. The molecule has 6 nitrogen and oxygen atoms in total. The molecule has 0 atom stereocenters. The second-order valence-corrected chi connectivity index (χ2v) is 7.85. The number of nitrogens with zero attached hydrogens (tertiary/aromatic N) is 4. The Labute approximate surface area is 157 Å². The maximum Gasteiger partial charge on any atom is 0.268 e. The van der Waals surface area contributed by atoms with Crippen LogP contribution in [0.4, 0.5) is 0 Å². The molecule has 0 aliphatic carbocycles. The topological polar surface area (TPSA) is 73.8 Å². The van der Waals surface area contributed by atoms with Crippen molar-refractivity contribution in [2.75, 3.05) is 0 Å². The van der Waals surface area contributed by atoms with Crippen LogP contribution in [0.5, 0.6) is 0 Å². The molecule has 0 amide bonds. The van der Waals surface area contributed by atoms with Gasteiger partial charge in [-0.3, -0.25) is 9.36 Å². The van der Waals surface area contributed by atoms with E-state index < -0.39 is 0 Å². The first-order chi connectivity index (χ1) is 12.6. The highest BCUT2D eigenvalue weighted by Gasteiger charge is 2.16. The second-order valence-electron chi connectivity index (χ2n) is 5.96. The van der Waals surface area contributed by atoms with Gasteiger partial charge in [0, 0.05) is 6.04 Å². The third kappa shape index (κ3) is 3.17. The summed E-state index contributed by atoms with van der Waals surface area (Å²) in [5, 5.41) is 7.29. The van der Waals surface area contributed by atoms with Gasteiger partial charge in [-0.05, 0) is 37.4 Å². The molecular weight excluding hydrogens is 368 g/mol. The highest BCUT2D eigenvalue weighted by Crippen LogP contribution is 2.26.